The highest BCUT2D eigenvalue weighted by atomic mass is 16.5. The topological polar surface area (TPSA) is 24.5 Å². The average molecular weight is 276 g/mol. The van der Waals surface area contributed by atoms with Crippen LogP contribution >= 0.6 is 0 Å². The first-order valence-electron chi connectivity index (χ1n) is 7.74. The third-order valence-electron chi connectivity index (χ3n) is 4.35. The molecule has 0 aromatic heterocycles. The summed E-state index contributed by atoms with van der Waals surface area (Å²) in [6.45, 7) is 6.54. The summed E-state index contributed by atoms with van der Waals surface area (Å²) in [6, 6.07) is 9.45. The molecule has 0 bridgehead atoms. The van der Waals surface area contributed by atoms with Gasteiger partial charge >= 0.3 is 0 Å². The molecule has 1 aliphatic heterocycles. The normalized spacial score (nSPS) is 21.2. The Labute approximate surface area is 123 Å². The highest BCUT2D eigenvalue weighted by Gasteiger charge is 2.24. The molecule has 0 radical (unpaired) electrons. The Morgan fingerprint density at radius 3 is 2.70 bits per heavy atom. The summed E-state index contributed by atoms with van der Waals surface area (Å²) < 4.78 is 5.27. The number of nitrogens with zero attached hydrogens (tertiary/aromatic N) is 1. The maximum Gasteiger partial charge on any atom is 0.0503 e. The van der Waals surface area contributed by atoms with Crippen molar-refractivity contribution in [1.82, 2.24) is 10.2 Å². The smallest absolute Gasteiger partial charge is 0.0503 e. The number of likely N-dealkylation sites (tertiary alicyclic amines) is 1. The molecule has 112 valence electrons. The number of nitrogens with one attached hydrogen (secondary N) is 1. The van der Waals surface area contributed by atoms with E-state index in [9.17, 15) is 0 Å². The molecule has 0 aliphatic carbocycles. The first kappa shape index (κ1) is 15.5. The summed E-state index contributed by atoms with van der Waals surface area (Å²) in [5, 5.41) is 3.46. The zero-order valence-corrected chi connectivity index (χ0v) is 13.1. The SMILES string of the molecule is CCc1ccc(C(CN2CCC(COC)C2)NC)cc1. The monoisotopic (exact) mass is 276 g/mol. The number of rotatable bonds is 7. The molecule has 2 atom stereocenters. The van der Waals surface area contributed by atoms with Crippen molar-refractivity contribution in [2.75, 3.05) is 40.4 Å². The van der Waals surface area contributed by atoms with Gasteiger partial charge in [-0.2, -0.15) is 0 Å². The van der Waals surface area contributed by atoms with E-state index in [0.717, 1.165) is 19.6 Å². The highest BCUT2D eigenvalue weighted by molar-refractivity contribution is 5.25. The number of hydrogen-bond acceptors (Lipinski definition) is 3. The Kier molecular flexibility index (Phi) is 6.02. The van der Waals surface area contributed by atoms with Crippen LogP contribution in [0.15, 0.2) is 24.3 Å². The molecule has 0 spiro atoms. The van der Waals surface area contributed by atoms with Crippen molar-refractivity contribution in [3.63, 3.8) is 0 Å². The van der Waals surface area contributed by atoms with Crippen LogP contribution in [0, 0.1) is 5.92 Å². The van der Waals surface area contributed by atoms with Gasteiger partial charge < -0.3 is 15.0 Å². The summed E-state index contributed by atoms with van der Waals surface area (Å²) >= 11 is 0. The maximum absolute atomic E-state index is 5.27. The van der Waals surface area contributed by atoms with Crippen LogP contribution in [0.2, 0.25) is 0 Å². The molecular weight excluding hydrogens is 248 g/mol. The van der Waals surface area contributed by atoms with Crippen molar-refractivity contribution in [2.24, 2.45) is 5.92 Å². The Morgan fingerprint density at radius 2 is 2.10 bits per heavy atom. The van der Waals surface area contributed by atoms with E-state index in [0.29, 0.717) is 12.0 Å². The second-order valence-electron chi connectivity index (χ2n) is 5.81. The van der Waals surface area contributed by atoms with Gasteiger partial charge in [0.05, 0.1) is 6.61 Å². The molecule has 1 aromatic rings. The second-order valence-corrected chi connectivity index (χ2v) is 5.81. The van der Waals surface area contributed by atoms with Crippen LogP contribution in [0.25, 0.3) is 0 Å². The highest BCUT2D eigenvalue weighted by Crippen LogP contribution is 2.21. The van der Waals surface area contributed by atoms with E-state index in [1.165, 1.54) is 30.6 Å². The molecule has 20 heavy (non-hydrogen) atoms. The van der Waals surface area contributed by atoms with Crippen LogP contribution in [0.3, 0.4) is 0 Å². The zero-order valence-electron chi connectivity index (χ0n) is 13.1. The lowest BCUT2D eigenvalue weighted by Gasteiger charge is -2.24. The predicted molar refractivity (Wildman–Crippen MR) is 84.0 cm³/mol. The zero-order chi connectivity index (χ0) is 14.4. The second kappa shape index (κ2) is 7.77. The van der Waals surface area contributed by atoms with Crippen molar-refractivity contribution in [3.05, 3.63) is 35.4 Å². The van der Waals surface area contributed by atoms with Crippen molar-refractivity contribution < 1.29 is 4.74 Å². The Hall–Kier alpha value is -0.900. The Bertz CT molecular complexity index is 390. The van der Waals surface area contributed by atoms with Crippen molar-refractivity contribution in [2.45, 2.75) is 25.8 Å². The Balaban J connectivity index is 1.91. The molecule has 3 nitrogen and oxygen atoms in total. The molecule has 2 unspecified atom stereocenters. The number of likely N-dealkylation sites (N-methyl/N-ethyl adjacent to an activating group) is 1. The number of aryl methyl sites for hydroxylation is 1. The van der Waals surface area contributed by atoms with Crippen LogP contribution in [0.4, 0.5) is 0 Å². The molecule has 1 fully saturated rings. The first-order chi connectivity index (χ1) is 9.76. The van der Waals surface area contributed by atoms with E-state index in [2.05, 4.69) is 48.5 Å². The van der Waals surface area contributed by atoms with Crippen LogP contribution in [-0.4, -0.2) is 45.3 Å². The van der Waals surface area contributed by atoms with Gasteiger partial charge in [0.1, 0.15) is 0 Å². The standard InChI is InChI=1S/C17H28N2O/c1-4-14-5-7-16(8-6-14)17(18-2)12-19-10-9-15(11-19)13-20-3/h5-8,15,17-18H,4,9-13H2,1-3H3. The molecule has 1 N–H and O–H groups in total. The van der Waals surface area contributed by atoms with E-state index < -0.39 is 0 Å². The minimum absolute atomic E-state index is 0.419. The van der Waals surface area contributed by atoms with E-state index in [1.54, 1.807) is 7.11 Å². The molecule has 1 aromatic carbocycles. The van der Waals surface area contributed by atoms with E-state index in [4.69, 9.17) is 4.74 Å². The fourth-order valence-electron chi connectivity index (χ4n) is 3.06. The van der Waals surface area contributed by atoms with E-state index in [-0.39, 0.29) is 0 Å². The van der Waals surface area contributed by atoms with Crippen molar-refractivity contribution >= 4 is 0 Å². The van der Waals surface area contributed by atoms with Crippen molar-refractivity contribution in [1.29, 1.82) is 0 Å². The summed E-state index contributed by atoms with van der Waals surface area (Å²) in [4.78, 5) is 2.55. The Morgan fingerprint density at radius 1 is 1.35 bits per heavy atom. The van der Waals surface area contributed by atoms with Gasteiger partial charge in [0.15, 0.2) is 0 Å². The number of benzene rings is 1. The molecular formula is C17H28N2O. The fourth-order valence-corrected chi connectivity index (χ4v) is 3.06. The van der Waals surface area contributed by atoms with Gasteiger partial charge in [-0.15, -0.1) is 0 Å². The lowest BCUT2D eigenvalue weighted by Crippen LogP contribution is -2.32. The van der Waals surface area contributed by atoms with Crippen LogP contribution in [-0.2, 0) is 11.2 Å². The molecule has 0 amide bonds. The van der Waals surface area contributed by atoms with Crippen LogP contribution in [0.1, 0.15) is 30.5 Å². The van der Waals surface area contributed by atoms with Gasteiger partial charge in [-0.05, 0) is 43.5 Å². The lowest BCUT2D eigenvalue weighted by molar-refractivity contribution is 0.152. The number of hydrogen-bond donors (Lipinski definition) is 1. The quantitative estimate of drug-likeness (QED) is 0.828. The summed E-state index contributed by atoms with van der Waals surface area (Å²) in [6.07, 6.45) is 2.37. The lowest BCUT2D eigenvalue weighted by atomic mass is 10.0. The van der Waals surface area contributed by atoms with Gasteiger partial charge in [0.25, 0.3) is 0 Å². The van der Waals surface area contributed by atoms with Gasteiger partial charge in [-0.25, -0.2) is 0 Å². The maximum atomic E-state index is 5.27. The molecule has 1 heterocycles. The van der Waals surface area contributed by atoms with Crippen LogP contribution < -0.4 is 5.32 Å². The first-order valence-corrected chi connectivity index (χ1v) is 7.74. The predicted octanol–water partition coefficient (Wildman–Crippen LogP) is 2.48. The van der Waals surface area contributed by atoms with Gasteiger partial charge in [-0.3, -0.25) is 0 Å². The molecule has 1 saturated heterocycles. The molecule has 1 aliphatic rings. The van der Waals surface area contributed by atoms with E-state index in [1.807, 2.05) is 0 Å². The van der Waals surface area contributed by atoms with Gasteiger partial charge in [0.2, 0.25) is 0 Å². The largest absolute Gasteiger partial charge is 0.384 e. The van der Waals surface area contributed by atoms with Crippen molar-refractivity contribution in [3.8, 4) is 0 Å². The van der Waals surface area contributed by atoms with E-state index >= 15 is 0 Å². The third-order valence-corrected chi connectivity index (χ3v) is 4.35. The fraction of sp³-hybridized carbons (Fsp3) is 0.647. The minimum Gasteiger partial charge on any atom is -0.384 e. The number of ether oxygens (including phenoxy) is 1. The molecule has 0 saturated carbocycles. The van der Waals surface area contributed by atoms with Crippen LogP contribution in [0.5, 0.6) is 0 Å². The summed E-state index contributed by atoms with van der Waals surface area (Å²) in [5.74, 6) is 0.708. The average Bonchev–Trinajstić information content (AvgIpc) is 2.93. The number of methoxy groups -OCH3 is 1. The summed E-state index contributed by atoms with van der Waals surface area (Å²) in [7, 11) is 3.86. The minimum atomic E-state index is 0.419. The summed E-state index contributed by atoms with van der Waals surface area (Å²) in [5.41, 5.74) is 2.80. The third kappa shape index (κ3) is 4.05. The van der Waals surface area contributed by atoms with Gasteiger partial charge in [0, 0.05) is 26.2 Å². The molecule has 3 heteroatoms. The molecule has 2 rings (SSSR count). The van der Waals surface area contributed by atoms with Gasteiger partial charge in [-0.1, -0.05) is 31.2 Å².